The van der Waals surface area contributed by atoms with Gasteiger partial charge in [0, 0.05) is 5.56 Å². The van der Waals surface area contributed by atoms with Crippen LogP contribution in [0.1, 0.15) is 18.1 Å². The summed E-state index contributed by atoms with van der Waals surface area (Å²) in [5, 5.41) is 3.36. The van der Waals surface area contributed by atoms with Crippen molar-refractivity contribution in [3.05, 3.63) is 58.5 Å². The number of benzene rings is 2. The minimum atomic E-state index is -0.176. The van der Waals surface area contributed by atoms with Gasteiger partial charge in [0.2, 0.25) is 0 Å². The molecule has 1 N–H and O–H groups in total. The van der Waals surface area contributed by atoms with Crippen molar-refractivity contribution < 1.29 is 14.3 Å². The van der Waals surface area contributed by atoms with Crippen molar-refractivity contribution in [3.8, 4) is 11.5 Å². The van der Waals surface area contributed by atoms with Crippen LogP contribution < -0.4 is 14.8 Å². The summed E-state index contributed by atoms with van der Waals surface area (Å²) in [5.41, 5.74) is 2.75. The number of thioether (sulfide) groups is 1. The molecule has 0 aromatic heterocycles. The summed E-state index contributed by atoms with van der Waals surface area (Å²) in [5.74, 6) is 1.09. The van der Waals surface area contributed by atoms with Gasteiger partial charge in [-0.15, -0.1) is 0 Å². The minimum absolute atomic E-state index is 0.176. The molecule has 1 saturated heterocycles. The molecule has 6 heteroatoms. The molecule has 1 aliphatic rings. The summed E-state index contributed by atoms with van der Waals surface area (Å²) in [4.78, 5) is 17.3. The van der Waals surface area contributed by atoms with Crippen LogP contribution in [0, 0.1) is 6.92 Å². The number of carbonyl (C=O) groups excluding carboxylic acids is 1. The third kappa shape index (κ3) is 4.08. The van der Waals surface area contributed by atoms with Gasteiger partial charge in [0.25, 0.3) is 5.91 Å². The van der Waals surface area contributed by atoms with Gasteiger partial charge in [-0.3, -0.25) is 4.79 Å². The maximum atomic E-state index is 12.3. The lowest BCUT2D eigenvalue weighted by Crippen LogP contribution is -2.19. The Morgan fingerprint density at radius 1 is 1.19 bits per heavy atom. The topological polar surface area (TPSA) is 59.9 Å². The molecular formula is C20H20N2O3S. The first-order chi connectivity index (χ1) is 12.6. The van der Waals surface area contributed by atoms with Gasteiger partial charge in [0.1, 0.15) is 0 Å². The number of ether oxygens (including phenoxy) is 2. The number of methoxy groups -OCH3 is 1. The van der Waals surface area contributed by atoms with Crippen molar-refractivity contribution in [2.24, 2.45) is 4.99 Å². The van der Waals surface area contributed by atoms with Crippen molar-refractivity contribution in [1.82, 2.24) is 5.32 Å². The van der Waals surface area contributed by atoms with Crippen LogP contribution in [0.4, 0.5) is 5.69 Å². The SMILES string of the molecule is CCOc1cccc(/C=C2\SC(=Nc3ccc(C)cc3)NC2=O)c1OC. The molecule has 0 bridgehead atoms. The molecular weight excluding hydrogens is 348 g/mol. The van der Waals surface area contributed by atoms with E-state index < -0.39 is 0 Å². The van der Waals surface area contributed by atoms with E-state index in [4.69, 9.17) is 9.47 Å². The molecule has 0 unspecified atom stereocenters. The lowest BCUT2D eigenvalue weighted by Gasteiger charge is -2.11. The highest BCUT2D eigenvalue weighted by atomic mass is 32.2. The normalized spacial score (nSPS) is 16.8. The van der Waals surface area contributed by atoms with Crippen molar-refractivity contribution in [2.45, 2.75) is 13.8 Å². The average Bonchev–Trinajstić information content (AvgIpc) is 2.97. The van der Waals surface area contributed by atoms with E-state index in [9.17, 15) is 4.79 Å². The molecule has 0 aliphatic carbocycles. The molecule has 0 saturated carbocycles. The van der Waals surface area contributed by atoms with Crippen LogP contribution >= 0.6 is 11.8 Å². The quantitative estimate of drug-likeness (QED) is 0.800. The number of nitrogens with one attached hydrogen (secondary N) is 1. The van der Waals surface area contributed by atoms with Crippen LogP contribution in [-0.4, -0.2) is 24.8 Å². The summed E-state index contributed by atoms with van der Waals surface area (Å²) >= 11 is 1.31. The fourth-order valence-electron chi connectivity index (χ4n) is 2.49. The molecule has 2 aromatic rings. The second-order valence-corrected chi connectivity index (χ2v) is 6.66. The summed E-state index contributed by atoms with van der Waals surface area (Å²) in [6.07, 6.45) is 1.79. The Bertz CT molecular complexity index is 873. The summed E-state index contributed by atoms with van der Waals surface area (Å²) in [7, 11) is 1.59. The zero-order valence-electron chi connectivity index (χ0n) is 14.9. The van der Waals surface area contributed by atoms with E-state index in [-0.39, 0.29) is 5.91 Å². The fourth-order valence-corrected chi connectivity index (χ4v) is 3.33. The van der Waals surface area contributed by atoms with Crippen LogP contribution in [0.3, 0.4) is 0 Å². The molecule has 1 heterocycles. The lowest BCUT2D eigenvalue weighted by atomic mass is 10.1. The number of hydrogen-bond acceptors (Lipinski definition) is 5. The van der Waals surface area contributed by atoms with Crippen LogP contribution in [-0.2, 0) is 4.79 Å². The first-order valence-electron chi connectivity index (χ1n) is 8.26. The third-order valence-electron chi connectivity index (χ3n) is 3.72. The van der Waals surface area contributed by atoms with Gasteiger partial charge in [-0.2, -0.15) is 0 Å². The van der Waals surface area contributed by atoms with Crippen molar-refractivity contribution in [1.29, 1.82) is 0 Å². The largest absolute Gasteiger partial charge is 0.492 e. The number of rotatable bonds is 5. The standard InChI is InChI=1S/C20H20N2O3S/c1-4-25-16-7-5-6-14(18(16)24-3)12-17-19(23)22-20(26-17)21-15-10-8-13(2)9-11-15/h5-12H,4H2,1-3H3,(H,21,22,23)/b17-12-. The minimum Gasteiger partial charge on any atom is -0.492 e. The summed E-state index contributed by atoms with van der Waals surface area (Å²) in [6, 6.07) is 13.4. The van der Waals surface area contributed by atoms with Gasteiger partial charge < -0.3 is 14.8 Å². The van der Waals surface area contributed by atoms with Gasteiger partial charge in [-0.05, 0) is 49.9 Å². The number of carbonyl (C=O) groups is 1. The fraction of sp³-hybridized carbons (Fsp3) is 0.200. The monoisotopic (exact) mass is 368 g/mol. The van der Waals surface area contributed by atoms with E-state index in [1.807, 2.05) is 56.3 Å². The zero-order chi connectivity index (χ0) is 18.5. The highest BCUT2D eigenvalue weighted by molar-refractivity contribution is 8.18. The molecule has 2 aromatic carbocycles. The highest BCUT2D eigenvalue weighted by Gasteiger charge is 2.24. The zero-order valence-corrected chi connectivity index (χ0v) is 15.7. The third-order valence-corrected chi connectivity index (χ3v) is 4.63. The van der Waals surface area contributed by atoms with Gasteiger partial charge in [0.15, 0.2) is 16.7 Å². The van der Waals surface area contributed by atoms with E-state index in [1.165, 1.54) is 17.3 Å². The van der Waals surface area contributed by atoms with Gasteiger partial charge in [-0.25, -0.2) is 4.99 Å². The molecule has 3 rings (SSSR count). The van der Waals surface area contributed by atoms with Gasteiger partial charge in [-0.1, -0.05) is 29.8 Å². The molecule has 0 spiro atoms. The first kappa shape index (κ1) is 18.1. The summed E-state index contributed by atoms with van der Waals surface area (Å²) < 4.78 is 11.1. The molecule has 0 atom stereocenters. The Morgan fingerprint density at radius 2 is 1.96 bits per heavy atom. The van der Waals surface area contributed by atoms with Crippen LogP contribution in [0.5, 0.6) is 11.5 Å². The van der Waals surface area contributed by atoms with E-state index in [1.54, 1.807) is 13.2 Å². The van der Waals surface area contributed by atoms with Crippen LogP contribution in [0.15, 0.2) is 52.4 Å². The Balaban J connectivity index is 1.87. The maximum Gasteiger partial charge on any atom is 0.264 e. The van der Waals surface area contributed by atoms with Crippen molar-refractivity contribution in [2.75, 3.05) is 13.7 Å². The average molecular weight is 368 g/mol. The number of aliphatic imine (C=N–C) groups is 1. The first-order valence-corrected chi connectivity index (χ1v) is 9.08. The molecule has 1 amide bonds. The smallest absolute Gasteiger partial charge is 0.264 e. The second kappa shape index (κ2) is 8.10. The lowest BCUT2D eigenvalue weighted by molar-refractivity contribution is -0.115. The number of para-hydroxylation sites is 1. The molecule has 1 aliphatic heterocycles. The van der Waals surface area contributed by atoms with Crippen molar-refractivity contribution >= 4 is 34.6 Å². The number of amidine groups is 1. The Hall–Kier alpha value is -2.73. The predicted molar refractivity (Wildman–Crippen MR) is 106 cm³/mol. The van der Waals surface area contributed by atoms with E-state index in [0.717, 1.165) is 11.3 Å². The number of nitrogens with zero attached hydrogens (tertiary/aromatic N) is 1. The predicted octanol–water partition coefficient (Wildman–Crippen LogP) is 4.29. The number of amides is 1. The van der Waals surface area contributed by atoms with Crippen molar-refractivity contribution in [3.63, 3.8) is 0 Å². The van der Waals surface area contributed by atoms with Crippen LogP contribution in [0.25, 0.3) is 6.08 Å². The molecule has 0 radical (unpaired) electrons. The number of hydrogen-bond donors (Lipinski definition) is 1. The Morgan fingerprint density at radius 3 is 2.65 bits per heavy atom. The maximum absolute atomic E-state index is 12.3. The molecule has 1 fully saturated rings. The van der Waals surface area contributed by atoms with Gasteiger partial charge in [0.05, 0.1) is 24.3 Å². The molecule has 5 nitrogen and oxygen atoms in total. The van der Waals surface area contributed by atoms with E-state index >= 15 is 0 Å². The van der Waals surface area contributed by atoms with E-state index in [0.29, 0.717) is 28.2 Å². The molecule has 134 valence electrons. The highest BCUT2D eigenvalue weighted by Crippen LogP contribution is 2.35. The van der Waals surface area contributed by atoms with Gasteiger partial charge >= 0.3 is 0 Å². The molecule has 26 heavy (non-hydrogen) atoms. The Labute approximate surface area is 157 Å². The number of aryl methyl sites for hydroxylation is 1. The van der Waals surface area contributed by atoms with E-state index in [2.05, 4.69) is 10.3 Å². The summed E-state index contributed by atoms with van der Waals surface area (Å²) in [6.45, 7) is 4.48. The second-order valence-electron chi connectivity index (χ2n) is 5.63. The Kier molecular flexibility index (Phi) is 5.63. The van der Waals surface area contributed by atoms with Crippen LogP contribution in [0.2, 0.25) is 0 Å².